The van der Waals surface area contributed by atoms with E-state index in [-0.39, 0.29) is 29.8 Å². The van der Waals surface area contributed by atoms with Crippen LogP contribution in [0.3, 0.4) is 0 Å². The van der Waals surface area contributed by atoms with Gasteiger partial charge in [0.1, 0.15) is 0 Å². The summed E-state index contributed by atoms with van der Waals surface area (Å²) in [4.78, 5) is 12.9. The number of aliphatic hydroxyl groups is 1. The Kier molecular flexibility index (Phi) is 3.25. The van der Waals surface area contributed by atoms with Crippen LogP contribution >= 0.6 is 0 Å². The van der Waals surface area contributed by atoms with Gasteiger partial charge in [-0.1, -0.05) is 6.92 Å². The molecule has 0 amide bonds. The molecule has 1 spiro atoms. The van der Waals surface area contributed by atoms with E-state index in [2.05, 4.69) is 6.92 Å². The van der Waals surface area contributed by atoms with Crippen molar-refractivity contribution in [2.24, 2.45) is 11.3 Å². The van der Waals surface area contributed by atoms with E-state index in [1.165, 1.54) is 0 Å². The summed E-state index contributed by atoms with van der Waals surface area (Å²) in [7, 11) is 3.18. The molecule has 5 nitrogen and oxygen atoms in total. The van der Waals surface area contributed by atoms with Crippen LogP contribution in [0.5, 0.6) is 0 Å². The van der Waals surface area contributed by atoms with Crippen molar-refractivity contribution < 1.29 is 24.1 Å². The third kappa shape index (κ3) is 1.44. The van der Waals surface area contributed by atoms with Crippen LogP contribution in [0.1, 0.15) is 39.0 Å². The molecule has 1 aliphatic carbocycles. The molecule has 114 valence electrons. The second kappa shape index (κ2) is 4.50. The fraction of sp³-hybridized carbons (Fsp3) is 0.933. The highest BCUT2D eigenvalue weighted by Gasteiger charge is 2.75. The number of rotatable bonds is 3. The molecule has 3 aliphatic rings. The van der Waals surface area contributed by atoms with Gasteiger partial charge in [0.2, 0.25) is 5.79 Å². The highest BCUT2D eigenvalue weighted by atomic mass is 16.7. The van der Waals surface area contributed by atoms with Gasteiger partial charge in [0.15, 0.2) is 11.4 Å². The number of carbonyl (C=O) groups excluding carboxylic acids is 1. The largest absolute Gasteiger partial charge is 0.396 e. The summed E-state index contributed by atoms with van der Waals surface area (Å²) in [5.74, 6) is -1.06. The predicted octanol–water partition coefficient (Wildman–Crippen LogP) is 1.27. The first-order valence-electron chi connectivity index (χ1n) is 7.41. The summed E-state index contributed by atoms with van der Waals surface area (Å²) in [5.41, 5.74) is -1.29. The van der Waals surface area contributed by atoms with Gasteiger partial charge < -0.3 is 19.3 Å². The number of hydrogen-bond acceptors (Lipinski definition) is 5. The average Bonchev–Trinajstić information content (AvgIpc) is 2.73. The molecular weight excluding hydrogens is 260 g/mol. The Morgan fingerprint density at radius 3 is 2.65 bits per heavy atom. The molecule has 0 aromatic rings. The summed E-state index contributed by atoms with van der Waals surface area (Å²) in [5, 5.41) is 9.49. The van der Waals surface area contributed by atoms with Crippen LogP contribution in [-0.4, -0.2) is 49.2 Å². The Morgan fingerprint density at radius 1 is 1.35 bits per heavy atom. The lowest BCUT2D eigenvalue weighted by molar-refractivity contribution is -0.337. The fourth-order valence-corrected chi connectivity index (χ4v) is 4.86. The molecule has 1 N–H and O–H groups in total. The minimum Gasteiger partial charge on any atom is -0.396 e. The molecular formula is C15H24O5. The summed E-state index contributed by atoms with van der Waals surface area (Å²) in [6.45, 7) is 2.10. The maximum atomic E-state index is 12.9. The van der Waals surface area contributed by atoms with Crippen molar-refractivity contribution >= 4 is 5.78 Å². The maximum absolute atomic E-state index is 12.9. The number of fused-ring (bicyclic) bond motifs is 1. The average molecular weight is 284 g/mol. The minimum absolute atomic E-state index is 0.00443. The van der Waals surface area contributed by atoms with E-state index < -0.39 is 11.4 Å². The molecule has 2 saturated heterocycles. The van der Waals surface area contributed by atoms with E-state index >= 15 is 0 Å². The molecule has 0 aromatic heterocycles. The van der Waals surface area contributed by atoms with Gasteiger partial charge >= 0.3 is 0 Å². The Morgan fingerprint density at radius 2 is 2.05 bits per heavy atom. The van der Waals surface area contributed by atoms with E-state index in [1.54, 1.807) is 14.2 Å². The first kappa shape index (κ1) is 14.4. The lowest BCUT2D eigenvalue weighted by Gasteiger charge is -2.56. The fourth-order valence-electron chi connectivity index (χ4n) is 4.86. The van der Waals surface area contributed by atoms with E-state index in [0.717, 1.165) is 19.3 Å². The first-order chi connectivity index (χ1) is 9.48. The molecule has 1 saturated carbocycles. The van der Waals surface area contributed by atoms with Crippen LogP contribution in [-0.2, 0) is 19.0 Å². The van der Waals surface area contributed by atoms with Gasteiger partial charge in [-0.2, -0.15) is 0 Å². The highest BCUT2D eigenvalue weighted by Crippen LogP contribution is 2.64. The van der Waals surface area contributed by atoms with E-state index in [0.29, 0.717) is 12.8 Å². The van der Waals surface area contributed by atoms with Crippen LogP contribution < -0.4 is 0 Å². The van der Waals surface area contributed by atoms with Crippen molar-refractivity contribution in [2.45, 2.75) is 56.5 Å². The Hall–Kier alpha value is -0.490. The molecule has 0 unspecified atom stereocenters. The first-order valence-corrected chi connectivity index (χ1v) is 7.41. The molecule has 20 heavy (non-hydrogen) atoms. The standard InChI is InChI=1S/C15H24O5/c1-13-5-4-6-14(18-2,19-3)15(13)12(17)7-10(9-16)11(8-13)20-15/h10-11,16H,4-9H2,1-3H3/t10-,11-,13+,15-/m1/s1. The number of aliphatic hydroxyl groups excluding tert-OH is 1. The van der Waals surface area contributed by atoms with Crippen LogP contribution in [0.15, 0.2) is 0 Å². The summed E-state index contributed by atoms with van der Waals surface area (Å²) in [6.07, 6.45) is 3.61. The monoisotopic (exact) mass is 284 g/mol. The lowest BCUT2D eigenvalue weighted by Crippen LogP contribution is -2.71. The summed E-state index contributed by atoms with van der Waals surface area (Å²) in [6, 6.07) is 0. The van der Waals surface area contributed by atoms with Crippen molar-refractivity contribution in [3.63, 3.8) is 0 Å². The van der Waals surface area contributed by atoms with Crippen molar-refractivity contribution in [3.8, 4) is 0 Å². The Labute approximate surface area is 119 Å². The second-order valence-electron chi connectivity index (χ2n) is 6.69. The molecule has 2 heterocycles. The maximum Gasteiger partial charge on any atom is 0.205 e. The number of ether oxygens (including phenoxy) is 3. The molecule has 3 rings (SSSR count). The molecule has 4 atom stereocenters. The van der Waals surface area contributed by atoms with E-state index in [9.17, 15) is 9.90 Å². The molecule has 0 aromatic carbocycles. The molecule has 2 aliphatic heterocycles. The highest BCUT2D eigenvalue weighted by molar-refractivity contribution is 5.91. The third-order valence-electron chi connectivity index (χ3n) is 5.86. The zero-order valence-corrected chi connectivity index (χ0v) is 12.5. The number of hydrogen-bond donors (Lipinski definition) is 1. The van der Waals surface area contributed by atoms with Crippen molar-refractivity contribution in [3.05, 3.63) is 0 Å². The van der Waals surface area contributed by atoms with Crippen LogP contribution in [0.4, 0.5) is 0 Å². The zero-order chi connectivity index (χ0) is 14.6. The number of carbonyl (C=O) groups is 1. The number of Topliss-reactive ketones (excluding diaryl/α,β-unsaturated/α-hetero) is 1. The van der Waals surface area contributed by atoms with Crippen molar-refractivity contribution in [2.75, 3.05) is 20.8 Å². The van der Waals surface area contributed by atoms with Gasteiger partial charge in [0.05, 0.1) is 6.10 Å². The summed E-state index contributed by atoms with van der Waals surface area (Å²) >= 11 is 0. The van der Waals surface area contributed by atoms with Gasteiger partial charge in [-0.15, -0.1) is 0 Å². The van der Waals surface area contributed by atoms with Crippen molar-refractivity contribution in [1.29, 1.82) is 0 Å². The summed E-state index contributed by atoms with van der Waals surface area (Å²) < 4.78 is 17.6. The third-order valence-corrected chi connectivity index (χ3v) is 5.86. The van der Waals surface area contributed by atoms with E-state index in [4.69, 9.17) is 14.2 Å². The smallest absolute Gasteiger partial charge is 0.205 e. The van der Waals surface area contributed by atoms with Crippen molar-refractivity contribution in [1.82, 2.24) is 0 Å². The minimum atomic E-state index is -1.02. The number of methoxy groups -OCH3 is 2. The van der Waals surface area contributed by atoms with Gasteiger partial charge in [-0.3, -0.25) is 4.79 Å². The Bertz CT molecular complexity index is 418. The quantitative estimate of drug-likeness (QED) is 0.791. The van der Waals surface area contributed by atoms with Crippen LogP contribution in [0.25, 0.3) is 0 Å². The topological polar surface area (TPSA) is 65.0 Å². The van der Waals surface area contributed by atoms with Gasteiger partial charge in [-0.25, -0.2) is 0 Å². The second-order valence-corrected chi connectivity index (χ2v) is 6.69. The molecule has 2 bridgehead atoms. The normalized spacial score (nSPS) is 46.3. The predicted molar refractivity (Wildman–Crippen MR) is 71.1 cm³/mol. The van der Waals surface area contributed by atoms with Gasteiger partial charge in [0, 0.05) is 45.0 Å². The number of ketones is 1. The van der Waals surface area contributed by atoms with Gasteiger partial charge in [0.25, 0.3) is 0 Å². The molecule has 5 heteroatoms. The van der Waals surface area contributed by atoms with Gasteiger partial charge in [-0.05, 0) is 19.3 Å². The lowest BCUT2D eigenvalue weighted by atomic mass is 9.59. The molecule has 0 radical (unpaired) electrons. The van der Waals surface area contributed by atoms with E-state index in [1.807, 2.05) is 0 Å². The Balaban J connectivity index is 2.12. The SMILES string of the molecule is COC1(OC)CCC[C@@]2(C)C[C@H]3O[C@@]12C(=O)C[C@@H]3CO. The van der Waals surface area contributed by atoms with Crippen LogP contribution in [0.2, 0.25) is 0 Å². The zero-order valence-electron chi connectivity index (χ0n) is 12.5. The van der Waals surface area contributed by atoms with Crippen LogP contribution in [0, 0.1) is 11.3 Å². The molecule has 3 fully saturated rings.